The van der Waals surface area contributed by atoms with Crippen LogP contribution >= 0.6 is 11.3 Å². The Balaban J connectivity index is 2.26. The van der Waals surface area contributed by atoms with Crippen molar-refractivity contribution in [3.63, 3.8) is 0 Å². The Morgan fingerprint density at radius 1 is 1.50 bits per heavy atom. The van der Waals surface area contributed by atoms with Crippen molar-refractivity contribution < 1.29 is 14.3 Å². The first-order chi connectivity index (χ1) is 8.45. The molecule has 1 N–H and O–H groups in total. The molecule has 2 rings (SSSR count). The second-order valence-electron chi connectivity index (χ2n) is 4.66. The van der Waals surface area contributed by atoms with E-state index in [2.05, 4.69) is 17.2 Å². The molecule has 1 saturated carbocycles. The van der Waals surface area contributed by atoms with E-state index in [9.17, 15) is 9.59 Å². The standard InChI is InChI=1S/C12H16N2O3S/c1-4-17-10(16)8-9(7(2)15)18-11(13-8)14-12(3)5-6-12/h4-6H2,1-3H3,(H,13,14). The average Bonchev–Trinajstić information content (AvgIpc) is 2.86. The topological polar surface area (TPSA) is 68.3 Å². The van der Waals surface area contributed by atoms with Gasteiger partial charge in [-0.1, -0.05) is 11.3 Å². The van der Waals surface area contributed by atoms with E-state index in [0.717, 1.165) is 12.8 Å². The molecule has 0 saturated heterocycles. The zero-order valence-corrected chi connectivity index (χ0v) is 11.5. The highest BCUT2D eigenvalue weighted by Crippen LogP contribution is 2.39. The summed E-state index contributed by atoms with van der Waals surface area (Å²) < 4.78 is 4.90. The largest absolute Gasteiger partial charge is 0.461 e. The fourth-order valence-corrected chi connectivity index (χ4v) is 2.52. The lowest BCUT2D eigenvalue weighted by molar-refractivity contribution is 0.0517. The second-order valence-corrected chi connectivity index (χ2v) is 5.66. The number of hydrogen-bond donors (Lipinski definition) is 1. The van der Waals surface area contributed by atoms with Crippen molar-refractivity contribution >= 4 is 28.2 Å². The zero-order valence-electron chi connectivity index (χ0n) is 10.7. The van der Waals surface area contributed by atoms with Gasteiger partial charge in [-0.15, -0.1) is 0 Å². The number of ether oxygens (including phenoxy) is 1. The monoisotopic (exact) mass is 268 g/mol. The minimum atomic E-state index is -0.534. The summed E-state index contributed by atoms with van der Waals surface area (Å²) in [5, 5.41) is 3.87. The molecule has 0 atom stereocenters. The molecule has 1 aliphatic carbocycles. The van der Waals surface area contributed by atoms with Crippen molar-refractivity contribution in [3.05, 3.63) is 10.6 Å². The van der Waals surface area contributed by atoms with Gasteiger partial charge in [-0.3, -0.25) is 4.79 Å². The first-order valence-electron chi connectivity index (χ1n) is 5.92. The fourth-order valence-electron chi connectivity index (χ4n) is 1.52. The van der Waals surface area contributed by atoms with Crippen molar-refractivity contribution in [3.8, 4) is 0 Å². The first-order valence-corrected chi connectivity index (χ1v) is 6.74. The molecule has 1 fully saturated rings. The van der Waals surface area contributed by atoms with Crippen LogP contribution in [0.4, 0.5) is 5.13 Å². The van der Waals surface area contributed by atoms with Crippen LogP contribution in [-0.4, -0.2) is 28.9 Å². The van der Waals surface area contributed by atoms with Crippen molar-refractivity contribution in [2.75, 3.05) is 11.9 Å². The molecule has 1 aliphatic rings. The van der Waals surface area contributed by atoms with Gasteiger partial charge in [-0.05, 0) is 26.7 Å². The van der Waals surface area contributed by atoms with Gasteiger partial charge < -0.3 is 10.1 Å². The summed E-state index contributed by atoms with van der Waals surface area (Å²) in [5.74, 6) is -0.697. The maximum Gasteiger partial charge on any atom is 0.358 e. The Labute approximate surface area is 110 Å². The Hall–Kier alpha value is -1.43. The third kappa shape index (κ3) is 2.69. The molecule has 1 aromatic rings. The number of nitrogens with one attached hydrogen (secondary N) is 1. The van der Waals surface area contributed by atoms with E-state index in [0.29, 0.717) is 10.0 Å². The highest BCUT2D eigenvalue weighted by Gasteiger charge is 2.38. The quantitative estimate of drug-likeness (QED) is 0.656. The maximum atomic E-state index is 11.7. The molecule has 5 nitrogen and oxygen atoms in total. The van der Waals surface area contributed by atoms with Gasteiger partial charge in [0.1, 0.15) is 4.88 Å². The van der Waals surface area contributed by atoms with Crippen molar-refractivity contribution in [1.82, 2.24) is 4.98 Å². The lowest BCUT2D eigenvalue weighted by Gasteiger charge is -2.08. The van der Waals surface area contributed by atoms with Crippen LogP contribution in [0.25, 0.3) is 0 Å². The summed E-state index contributed by atoms with van der Waals surface area (Å²) in [6.07, 6.45) is 2.16. The Kier molecular flexibility index (Phi) is 3.38. The van der Waals surface area contributed by atoms with Crippen LogP contribution in [-0.2, 0) is 4.74 Å². The zero-order chi connectivity index (χ0) is 13.3. The van der Waals surface area contributed by atoms with Crippen LogP contribution < -0.4 is 5.32 Å². The van der Waals surface area contributed by atoms with E-state index in [1.165, 1.54) is 18.3 Å². The lowest BCUT2D eigenvalue weighted by atomic mass is 10.3. The molecular formula is C12H16N2O3S. The third-order valence-corrected chi connectivity index (χ3v) is 3.90. The number of carbonyl (C=O) groups is 2. The van der Waals surface area contributed by atoms with Crippen molar-refractivity contribution in [2.45, 2.75) is 39.2 Å². The summed E-state index contributed by atoms with van der Waals surface area (Å²) in [6, 6.07) is 0. The van der Waals surface area contributed by atoms with Gasteiger partial charge in [0.2, 0.25) is 0 Å². The number of anilines is 1. The van der Waals surface area contributed by atoms with E-state index in [1.54, 1.807) is 6.92 Å². The van der Waals surface area contributed by atoms with Gasteiger partial charge in [-0.2, -0.15) is 0 Å². The summed E-state index contributed by atoms with van der Waals surface area (Å²) in [4.78, 5) is 27.8. The second kappa shape index (κ2) is 4.68. The molecule has 0 unspecified atom stereocenters. The van der Waals surface area contributed by atoms with Crippen molar-refractivity contribution in [1.29, 1.82) is 0 Å². The summed E-state index contributed by atoms with van der Waals surface area (Å²) in [7, 11) is 0. The van der Waals surface area contributed by atoms with Crippen LogP contribution in [0.15, 0.2) is 0 Å². The number of carbonyl (C=O) groups excluding carboxylic acids is 2. The highest BCUT2D eigenvalue weighted by molar-refractivity contribution is 7.17. The van der Waals surface area contributed by atoms with Gasteiger partial charge in [0, 0.05) is 12.5 Å². The summed E-state index contributed by atoms with van der Waals surface area (Å²) >= 11 is 1.22. The number of aromatic nitrogens is 1. The molecule has 98 valence electrons. The van der Waals surface area contributed by atoms with Crippen LogP contribution in [0, 0.1) is 0 Å². The molecule has 6 heteroatoms. The van der Waals surface area contributed by atoms with Gasteiger partial charge in [-0.25, -0.2) is 9.78 Å². The summed E-state index contributed by atoms with van der Waals surface area (Å²) in [6.45, 7) is 5.51. The van der Waals surface area contributed by atoms with Gasteiger partial charge in [0.15, 0.2) is 16.6 Å². The summed E-state index contributed by atoms with van der Waals surface area (Å²) in [5.41, 5.74) is 0.193. The molecule has 1 aromatic heterocycles. The number of thiazole rings is 1. The molecular weight excluding hydrogens is 252 g/mol. The Bertz CT molecular complexity index is 492. The number of hydrogen-bond acceptors (Lipinski definition) is 6. The van der Waals surface area contributed by atoms with Gasteiger partial charge in [0.25, 0.3) is 0 Å². The van der Waals surface area contributed by atoms with Crippen LogP contribution in [0.3, 0.4) is 0 Å². The lowest BCUT2D eigenvalue weighted by Crippen LogP contribution is -2.16. The first kappa shape index (κ1) is 13.0. The van der Waals surface area contributed by atoms with Crippen LogP contribution in [0.5, 0.6) is 0 Å². The van der Waals surface area contributed by atoms with Gasteiger partial charge in [0.05, 0.1) is 6.61 Å². The predicted octanol–water partition coefficient (Wildman–Crippen LogP) is 2.49. The fraction of sp³-hybridized carbons (Fsp3) is 0.583. The van der Waals surface area contributed by atoms with E-state index < -0.39 is 5.97 Å². The van der Waals surface area contributed by atoms with E-state index in [4.69, 9.17) is 4.74 Å². The molecule has 0 radical (unpaired) electrons. The number of Topliss-reactive ketones (excluding diaryl/α,β-unsaturated/α-hetero) is 1. The van der Waals surface area contributed by atoms with Crippen molar-refractivity contribution in [2.24, 2.45) is 0 Å². The molecule has 0 spiro atoms. The molecule has 0 amide bonds. The van der Waals surface area contributed by atoms with Gasteiger partial charge >= 0.3 is 5.97 Å². The molecule has 0 aromatic carbocycles. The molecule has 1 heterocycles. The van der Waals surface area contributed by atoms with E-state index in [-0.39, 0.29) is 23.6 Å². The minimum absolute atomic E-state index is 0.0673. The molecule has 0 aliphatic heterocycles. The van der Waals surface area contributed by atoms with Crippen LogP contribution in [0.2, 0.25) is 0 Å². The minimum Gasteiger partial charge on any atom is -0.461 e. The predicted molar refractivity (Wildman–Crippen MR) is 69.3 cm³/mol. The normalized spacial score (nSPS) is 16.2. The smallest absolute Gasteiger partial charge is 0.358 e. The number of esters is 1. The average molecular weight is 268 g/mol. The van der Waals surface area contributed by atoms with Crippen LogP contribution in [0.1, 0.15) is 53.8 Å². The van der Waals surface area contributed by atoms with E-state index in [1.807, 2.05) is 0 Å². The third-order valence-electron chi connectivity index (χ3n) is 2.82. The van der Waals surface area contributed by atoms with E-state index >= 15 is 0 Å². The Morgan fingerprint density at radius 2 is 2.17 bits per heavy atom. The maximum absolute atomic E-state index is 11.7. The molecule has 18 heavy (non-hydrogen) atoms. The molecule has 0 bridgehead atoms. The number of ketones is 1. The SMILES string of the molecule is CCOC(=O)c1nc(NC2(C)CC2)sc1C(C)=O. The Morgan fingerprint density at radius 3 is 2.67 bits per heavy atom. The number of nitrogens with zero attached hydrogens (tertiary/aromatic N) is 1. The number of rotatable bonds is 5. The highest BCUT2D eigenvalue weighted by atomic mass is 32.1.